The predicted molar refractivity (Wildman–Crippen MR) is 108 cm³/mol. The summed E-state index contributed by atoms with van der Waals surface area (Å²) in [5, 5.41) is 1.82. The number of thiophene rings is 1. The molecular formula is C22H22FNO3S. The van der Waals surface area contributed by atoms with E-state index in [0.29, 0.717) is 17.0 Å². The zero-order valence-electron chi connectivity index (χ0n) is 16.1. The Kier molecular flexibility index (Phi) is 6.09. The van der Waals surface area contributed by atoms with Crippen LogP contribution in [0.4, 0.5) is 4.39 Å². The van der Waals surface area contributed by atoms with Crippen molar-refractivity contribution in [3.63, 3.8) is 0 Å². The first kappa shape index (κ1) is 20.0. The number of aromatic nitrogens is 1. The Morgan fingerprint density at radius 2 is 1.82 bits per heavy atom. The lowest BCUT2D eigenvalue weighted by Gasteiger charge is -2.10. The molecular weight excluding hydrogens is 377 g/mol. The van der Waals surface area contributed by atoms with Crippen molar-refractivity contribution in [1.29, 1.82) is 0 Å². The van der Waals surface area contributed by atoms with Crippen LogP contribution in [0.15, 0.2) is 41.8 Å². The summed E-state index contributed by atoms with van der Waals surface area (Å²) in [4.78, 5) is 25.2. The summed E-state index contributed by atoms with van der Waals surface area (Å²) in [6.07, 6.45) is 0.733. The molecule has 0 N–H and O–H groups in total. The fraction of sp³-hybridized carbons (Fsp3) is 0.273. The molecule has 0 aliphatic heterocycles. The lowest BCUT2D eigenvalue weighted by atomic mass is 10.1. The van der Waals surface area contributed by atoms with E-state index in [4.69, 9.17) is 4.74 Å². The van der Waals surface area contributed by atoms with Crippen molar-refractivity contribution in [2.24, 2.45) is 0 Å². The van der Waals surface area contributed by atoms with E-state index in [-0.39, 0.29) is 18.2 Å². The number of benzene rings is 1. The smallest absolute Gasteiger partial charge is 0.349 e. The Balaban J connectivity index is 1.65. The van der Waals surface area contributed by atoms with Crippen LogP contribution in [-0.4, -0.2) is 22.9 Å². The van der Waals surface area contributed by atoms with E-state index in [0.717, 1.165) is 28.9 Å². The molecule has 0 spiro atoms. The highest BCUT2D eigenvalue weighted by atomic mass is 32.1. The van der Waals surface area contributed by atoms with Crippen molar-refractivity contribution in [3.05, 3.63) is 80.6 Å². The Labute approximate surface area is 167 Å². The molecule has 4 nitrogen and oxygen atoms in total. The minimum atomic E-state index is -0.467. The predicted octanol–water partition coefficient (Wildman–Crippen LogP) is 4.90. The molecule has 146 valence electrons. The maximum Gasteiger partial charge on any atom is 0.349 e. The van der Waals surface area contributed by atoms with Gasteiger partial charge in [-0.1, -0.05) is 12.1 Å². The Bertz CT molecular complexity index is 1000. The van der Waals surface area contributed by atoms with Crippen molar-refractivity contribution in [2.45, 2.75) is 33.7 Å². The summed E-state index contributed by atoms with van der Waals surface area (Å²) in [7, 11) is 0. The largest absolute Gasteiger partial charge is 0.453 e. The van der Waals surface area contributed by atoms with Gasteiger partial charge in [0.15, 0.2) is 6.61 Å². The van der Waals surface area contributed by atoms with Gasteiger partial charge in [-0.3, -0.25) is 4.79 Å². The molecule has 2 heterocycles. The fourth-order valence-corrected chi connectivity index (χ4v) is 3.99. The molecule has 0 bridgehead atoms. The quantitative estimate of drug-likeness (QED) is 0.420. The molecule has 28 heavy (non-hydrogen) atoms. The number of hydrogen-bond acceptors (Lipinski definition) is 4. The van der Waals surface area contributed by atoms with Crippen LogP contribution < -0.4 is 0 Å². The van der Waals surface area contributed by atoms with E-state index < -0.39 is 5.97 Å². The van der Waals surface area contributed by atoms with Gasteiger partial charge in [-0.25, -0.2) is 9.18 Å². The first-order chi connectivity index (χ1) is 13.4. The van der Waals surface area contributed by atoms with Gasteiger partial charge in [-0.15, -0.1) is 11.3 Å². The third kappa shape index (κ3) is 4.39. The van der Waals surface area contributed by atoms with Gasteiger partial charge >= 0.3 is 5.97 Å². The van der Waals surface area contributed by atoms with E-state index in [1.54, 1.807) is 12.1 Å². The third-order valence-corrected chi connectivity index (χ3v) is 5.79. The highest BCUT2D eigenvalue weighted by Gasteiger charge is 2.19. The molecule has 0 atom stereocenters. The molecule has 3 rings (SSSR count). The number of Topliss-reactive ketones (excluding diaryl/α,β-unsaturated/α-hetero) is 1. The van der Waals surface area contributed by atoms with E-state index >= 15 is 0 Å². The van der Waals surface area contributed by atoms with Crippen LogP contribution in [0.3, 0.4) is 0 Å². The Morgan fingerprint density at radius 1 is 1.11 bits per heavy atom. The second-order valence-corrected chi connectivity index (χ2v) is 7.66. The number of ether oxygens (including phenoxy) is 1. The summed E-state index contributed by atoms with van der Waals surface area (Å²) in [5.74, 6) is -0.938. The minimum absolute atomic E-state index is 0.219. The fourth-order valence-electron chi connectivity index (χ4n) is 3.18. The van der Waals surface area contributed by atoms with Gasteiger partial charge in [0.05, 0.1) is 0 Å². The minimum Gasteiger partial charge on any atom is -0.453 e. The molecule has 0 amide bonds. The van der Waals surface area contributed by atoms with Gasteiger partial charge in [-0.2, -0.15) is 0 Å². The van der Waals surface area contributed by atoms with Gasteiger partial charge in [0.25, 0.3) is 0 Å². The normalized spacial score (nSPS) is 10.9. The van der Waals surface area contributed by atoms with Crippen molar-refractivity contribution < 1.29 is 18.7 Å². The Morgan fingerprint density at radius 3 is 2.46 bits per heavy atom. The summed E-state index contributed by atoms with van der Waals surface area (Å²) < 4.78 is 20.3. The molecule has 6 heteroatoms. The van der Waals surface area contributed by atoms with Crippen LogP contribution in [0, 0.1) is 26.6 Å². The first-order valence-electron chi connectivity index (χ1n) is 9.02. The van der Waals surface area contributed by atoms with Crippen LogP contribution in [-0.2, 0) is 17.7 Å². The average Bonchev–Trinajstić information content (AvgIpc) is 3.22. The monoisotopic (exact) mass is 399 g/mol. The number of nitrogens with zero attached hydrogens (tertiary/aromatic N) is 1. The number of ketones is 1. The summed E-state index contributed by atoms with van der Waals surface area (Å²) in [6, 6.07) is 10.1. The highest BCUT2D eigenvalue weighted by molar-refractivity contribution is 7.12. The molecule has 2 aromatic heterocycles. The van der Waals surface area contributed by atoms with Gasteiger partial charge in [0, 0.05) is 23.5 Å². The number of hydrogen-bond donors (Lipinski definition) is 0. The van der Waals surface area contributed by atoms with Crippen molar-refractivity contribution in [3.8, 4) is 0 Å². The summed E-state index contributed by atoms with van der Waals surface area (Å²) >= 11 is 1.31. The SMILES string of the molecule is Cc1ccsc1C(=O)OCC(=O)c1cc(C)n(CCc2ccc(F)cc2)c1C. The number of halogens is 1. The molecule has 0 fully saturated rings. The molecule has 3 aromatic rings. The second-order valence-electron chi connectivity index (χ2n) is 6.74. The molecule has 0 aliphatic rings. The maximum atomic E-state index is 13.0. The van der Waals surface area contributed by atoms with Gasteiger partial charge < -0.3 is 9.30 Å². The average molecular weight is 399 g/mol. The number of esters is 1. The van der Waals surface area contributed by atoms with Gasteiger partial charge in [-0.05, 0) is 68.0 Å². The lowest BCUT2D eigenvalue weighted by Crippen LogP contribution is -2.15. The molecule has 0 radical (unpaired) electrons. The van der Waals surface area contributed by atoms with Gasteiger partial charge in [0.1, 0.15) is 10.7 Å². The second kappa shape index (κ2) is 8.52. The van der Waals surface area contributed by atoms with Crippen LogP contribution in [0.25, 0.3) is 0 Å². The van der Waals surface area contributed by atoms with Crippen molar-refractivity contribution in [2.75, 3.05) is 6.61 Å². The molecule has 0 unspecified atom stereocenters. The molecule has 0 saturated heterocycles. The van der Waals surface area contributed by atoms with E-state index in [1.165, 1.54) is 23.5 Å². The summed E-state index contributed by atoms with van der Waals surface area (Å²) in [6.45, 7) is 6.07. The lowest BCUT2D eigenvalue weighted by molar-refractivity contribution is 0.0478. The number of carbonyl (C=O) groups is 2. The van der Waals surface area contributed by atoms with Crippen LogP contribution in [0.5, 0.6) is 0 Å². The van der Waals surface area contributed by atoms with E-state index in [1.807, 2.05) is 38.3 Å². The van der Waals surface area contributed by atoms with Gasteiger partial charge in [0.2, 0.25) is 5.78 Å². The van der Waals surface area contributed by atoms with Crippen LogP contribution in [0.1, 0.15) is 42.5 Å². The first-order valence-corrected chi connectivity index (χ1v) is 9.90. The topological polar surface area (TPSA) is 48.3 Å². The number of carbonyl (C=O) groups excluding carboxylic acids is 2. The van der Waals surface area contributed by atoms with E-state index in [9.17, 15) is 14.0 Å². The Hall–Kier alpha value is -2.73. The van der Waals surface area contributed by atoms with Crippen molar-refractivity contribution in [1.82, 2.24) is 4.57 Å². The molecule has 1 aromatic carbocycles. The zero-order valence-corrected chi connectivity index (χ0v) is 16.9. The van der Waals surface area contributed by atoms with Crippen LogP contribution in [0.2, 0.25) is 0 Å². The number of rotatable bonds is 7. The molecule has 0 aliphatic carbocycles. The van der Waals surface area contributed by atoms with E-state index in [2.05, 4.69) is 4.57 Å². The van der Waals surface area contributed by atoms with Crippen LogP contribution >= 0.6 is 11.3 Å². The maximum absolute atomic E-state index is 13.0. The summed E-state index contributed by atoms with van der Waals surface area (Å²) in [5.41, 5.74) is 4.24. The zero-order chi connectivity index (χ0) is 20.3. The third-order valence-electron chi connectivity index (χ3n) is 4.79. The highest BCUT2D eigenvalue weighted by Crippen LogP contribution is 2.19. The van der Waals surface area contributed by atoms with Crippen molar-refractivity contribution >= 4 is 23.1 Å². The molecule has 0 saturated carbocycles. The number of aryl methyl sites for hydroxylation is 3. The standard InChI is InChI=1S/C22H22FNO3S/c1-14-9-11-28-21(14)22(26)27-13-20(25)19-12-15(2)24(16(19)3)10-8-17-4-6-18(23)7-5-17/h4-7,9,11-12H,8,10,13H2,1-3H3.